The first-order valence-corrected chi connectivity index (χ1v) is 12.8. The summed E-state index contributed by atoms with van der Waals surface area (Å²) in [5.74, 6) is -1.09. The fraction of sp³-hybridized carbons (Fsp3) is 0.238. The lowest BCUT2D eigenvalue weighted by atomic mass is 10.2. The number of thioether (sulfide) groups is 1. The minimum absolute atomic E-state index is 0.0485. The van der Waals surface area contributed by atoms with Gasteiger partial charge in [-0.1, -0.05) is 54.5 Å². The molecule has 0 aliphatic heterocycles. The molecule has 3 heterocycles. The van der Waals surface area contributed by atoms with Crippen molar-refractivity contribution in [2.24, 2.45) is 0 Å². The first-order valence-electron chi connectivity index (χ1n) is 9.54. The lowest BCUT2D eigenvalue weighted by Gasteiger charge is -2.05. The molecule has 0 radical (unpaired) electrons. The zero-order valence-electron chi connectivity index (χ0n) is 17.5. The van der Waals surface area contributed by atoms with Crippen LogP contribution in [0.25, 0.3) is 27.0 Å². The van der Waals surface area contributed by atoms with Crippen molar-refractivity contribution in [1.82, 2.24) is 19.7 Å². The second-order valence-corrected chi connectivity index (χ2v) is 12.1. The van der Waals surface area contributed by atoms with Gasteiger partial charge in [-0.15, -0.1) is 23.1 Å². The van der Waals surface area contributed by atoms with E-state index in [2.05, 4.69) is 23.9 Å². The van der Waals surface area contributed by atoms with Gasteiger partial charge in [0.05, 0.1) is 31.2 Å². The highest BCUT2D eigenvalue weighted by atomic mass is 35.5. The number of halogens is 2. The number of carboxylic acid groups (broad SMARTS) is 1. The topological polar surface area (TPSA) is 80.9 Å². The molecule has 0 saturated heterocycles. The maximum Gasteiger partial charge on any atom is 0.355 e. The van der Waals surface area contributed by atoms with Crippen molar-refractivity contribution in [1.29, 1.82) is 0 Å². The fourth-order valence-corrected chi connectivity index (χ4v) is 6.73. The molecule has 0 bridgehead atoms. The summed E-state index contributed by atoms with van der Waals surface area (Å²) in [6, 6.07) is 5.35. The zero-order valence-corrected chi connectivity index (χ0v) is 21.5. The highest BCUT2D eigenvalue weighted by Gasteiger charge is 2.28. The minimum Gasteiger partial charge on any atom is -0.476 e. The number of thiazole rings is 2. The smallest absolute Gasteiger partial charge is 0.355 e. The minimum atomic E-state index is -1.09. The third kappa shape index (κ3) is 4.45. The van der Waals surface area contributed by atoms with E-state index in [0.29, 0.717) is 36.7 Å². The molecule has 0 aliphatic carbocycles. The van der Waals surface area contributed by atoms with Crippen molar-refractivity contribution < 1.29 is 9.90 Å². The number of rotatable bonds is 6. The second kappa shape index (κ2) is 9.15. The van der Waals surface area contributed by atoms with E-state index in [1.807, 2.05) is 13.0 Å². The van der Waals surface area contributed by atoms with E-state index >= 15 is 0 Å². The fourth-order valence-electron chi connectivity index (χ4n) is 3.10. The Bertz CT molecular complexity index is 1330. The van der Waals surface area contributed by atoms with Crippen molar-refractivity contribution >= 4 is 63.6 Å². The molecule has 3 aromatic heterocycles. The summed E-state index contributed by atoms with van der Waals surface area (Å²) >= 11 is 16.8. The largest absolute Gasteiger partial charge is 0.476 e. The molecule has 0 spiro atoms. The number of hydrogen-bond acceptors (Lipinski definition) is 7. The van der Waals surface area contributed by atoms with Gasteiger partial charge in [0.15, 0.2) is 5.69 Å². The summed E-state index contributed by atoms with van der Waals surface area (Å²) in [5, 5.41) is 16.9. The molecule has 0 aliphatic rings. The van der Waals surface area contributed by atoms with Crippen LogP contribution in [-0.4, -0.2) is 36.1 Å². The molecule has 6 nitrogen and oxygen atoms in total. The Morgan fingerprint density at radius 2 is 1.94 bits per heavy atom. The monoisotopic (exact) mass is 524 g/mol. The maximum absolute atomic E-state index is 12.3. The van der Waals surface area contributed by atoms with Crippen LogP contribution in [-0.2, 0) is 0 Å². The number of carboxylic acids is 1. The Morgan fingerprint density at radius 1 is 1.19 bits per heavy atom. The second-order valence-electron chi connectivity index (χ2n) is 7.23. The molecular weight excluding hydrogens is 507 g/mol. The first kappa shape index (κ1) is 23.3. The van der Waals surface area contributed by atoms with Crippen molar-refractivity contribution in [3.8, 4) is 27.0 Å². The molecule has 4 aromatic rings. The number of aromatic nitrogens is 4. The number of hydrogen-bond donors (Lipinski definition) is 1. The molecule has 1 N–H and O–H groups in total. The van der Waals surface area contributed by atoms with Gasteiger partial charge in [-0.25, -0.2) is 14.8 Å². The molecule has 0 amide bonds. The van der Waals surface area contributed by atoms with Crippen LogP contribution in [0.1, 0.15) is 34.9 Å². The summed E-state index contributed by atoms with van der Waals surface area (Å²) in [5.41, 5.74) is 2.67. The van der Waals surface area contributed by atoms with Gasteiger partial charge in [0, 0.05) is 21.9 Å². The van der Waals surface area contributed by atoms with Crippen LogP contribution in [0.3, 0.4) is 0 Å². The van der Waals surface area contributed by atoms with E-state index in [1.165, 1.54) is 27.4 Å². The molecule has 11 heteroatoms. The molecule has 0 fully saturated rings. The average molecular weight is 526 g/mol. The lowest BCUT2D eigenvalue weighted by molar-refractivity contribution is 0.0688. The van der Waals surface area contributed by atoms with E-state index in [4.69, 9.17) is 28.2 Å². The van der Waals surface area contributed by atoms with E-state index in [9.17, 15) is 9.90 Å². The number of benzene rings is 1. The Balaban J connectivity index is 1.91. The van der Waals surface area contributed by atoms with Crippen LogP contribution < -0.4 is 0 Å². The predicted octanol–water partition coefficient (Wildman–Crippen LogP) is 7.24. The van der Waals surface area contributed by atoms with Crippen molar-refractivity contribution in [2.45, 2.75) is 37.2 Å². The third-order valence-corrected chi connectivity index (χ3v) is 8.31. The van der Waals surface area contributed by atoms with Crippen LogP contribution in [0.5, 0.6) is 0 Å². The van der Waals surface area contributed by atoms with Gasteiger partial charge in [0.1, 0.15) is 5.01 Å². The lowest BCUT2D eigenvalue weighted by Crippen LogP contribution is -2.09. The quantitative estimate of drug-likeness (QED) is 0.267. The molecule has 32 heavy (non-hydrogen) atoms. The Kier molecular flexibility index (Phi) is 6.65. The molecule has 166 valence electrons. The number of aryl methyl sites for hydroxylation is 2. The first-order chi connectivity index (χ1) is 15.2. The van der Waals surface area contributed by atoms with Gasteiger partial charge in [-0.2, -0.15) is 9.78 Å². The Labute approximate surface area is 207 Å². The van der Waals surface area contributed by atoms with Crippen LogP contribution in [0.4, 0.5) is 0 Å². The Hall–Kier alpha value is -1.91. The van der Waals surface area contributed by atoms with E-state index in [1.54, 1.807) is 37.0 Å². The van der Waals surface area contributed by atoms with Crippen LogP contribution in [0.2, 0.25) is 10.0 Å². The summed E-state index contributed by atoms with van der Waals surface area (Å²) in [6.45, 7) is 7.89. The van der Waals surface area contributed by atoms with E-state index in [0.717, 1.165) is 20.3 Å². The van der Waals surface area contributed by atoms with Gasteiger partial charge in [-0.05, 0) is 26.0 Å². The normalized spacial score (nSPS) is 11.5. The zero-order chi connectivity index (χ0) is 23.2. The molecule has 0 atom stereocenters. The predicted molar refractivity (Wildman–Crippen MR) is 133 cm³/mol. The Morgan fingerprint density at radius 3 is 2.53 bits per heavy atom. The van der Waals surface area contributed by atoms with Gasteiger partial charge in [0.2, 0.25) is 5.13 Å². The summed E-state index contributed by atoms with van der Waals surface area (Å²) in [4.78, 5) is 22.4. The van der Waals surface area contributed by atoms with Crippen LogP contribution in [0.15, 0.2) is 28.6 Å². The number of carbonyl (C=O) groups is 1. The van der Waals surface area contributed by atoms with Gasteiger partial charge in [0.25, 0.3) is 0 Å². The molecule has 1 aromatic carbocycles. The van der Waals surface area contributed by atoms with Crippen LogP contribution >= 0.6 is 57.6 Å². The number of aromatic carboxylic acids is 1. The highest BCUT2D eigenvalue weighted by molar-refractivity contribution is 8.01. The van der Waals surface area contributed by atoms with Gasteiger partial charge in [-0.3, -0.25) is 0 Å². The van der Waals surface area contributed by atoms with Crippen molar-refractivity contribution in [3.63, 3.8) is 0 Å². The van der Waals surface area contributed by atoms with E-state index < -0.39 is 5.97 Å². The SMILES string of the molecule is Cc1cnc(-c2c(C)nn(-c3nc(-c4ccc(Cl)c(Cl)c4)c(SC(C)C)s3)c2C(=O)O)s1. The highest BCUT2D eigenvalue weighted by Crippen LogP contribution is 2.42. The summed E-state index contributed by atoms with van der Waals surface area (Å²) in [7, 11) is 0. The summed E-state index contributed by atoms with van der Waals surface area (Å²) in [6.07, 6.45) is 1.73. The molecule has 0 saturated carbocycles. The van der Waals surface area contributed by atoms with E-state index in [-0.39, 0.29) is 5.69 Å². The molecule has 0 unspecified atom stereocenters. The third-order valence-electron chi connectivity index (χ3n) is 4.40. The van der Waals surface area contributed by atoms with Crippen molar-refractivity contribution in [2.75, 3.05) is 0 Å². The van der Waals surface area contributed by atoms with Gasteiger partial charge < -0.3 is 5.11 Å². The van der Waals surface area contributed by atoms with Crippen LogP contribution in [0, 0.1) is 13.8 Å². The average Bonchev–Trinajstić information content (AvgIpc) is 3.40. The van der Waals surface area contributed by atoms with Gasteiger partial charge >= 0.3 is 5.97 Å². The maximum atomic E-state index is 12.3. The molecular formula is C21H18Cl2N4O2S3. The standard InChI is InChI=1S/C21H18Cl2N4O2S3/c1-9(2)30-20-16(12-5-6-13(22)14(23)7-12)25-21(32-20)27-17(19(28)29)15(11(4)26-27)18-24-8-10(3)31-18/h5-9H,1-4H3,(H,28,29). The number of nitrogens with zero attached hydrogens (tertiary/aromatic N) is 4. The summed E-state index contributed by atoms with van der Waals surface area (Å²) < 4.78 is 2.35. The molecule has 4 rings (SSSR count). The van der Waals surface area contributed by atoms with Crippen molar-refractivity contribution in [3.05, 3.63) is 50.7 Å².